The molecule has 2 aromatic rings. The van der Waals surface area contributed by atoms with Crippen LogP contribution in [0.4, 0.5) is 0 Å². The van der Waals surface area contributed by atoms with Crippen LogP contribution in [-0.4, -0.2) is 36.5 Å². The average molecular weight is 460 g/mol. The maximum absolute atomic E-state index is 3.77. The average Bonchev–Trinajstić information content (AvgIpc) is 2.66. The first-order chi connectivity index (χ1) is 13.8. The van der Waals surface area contributed by atoms with Crippen LogP contribution in [0.3, 0.4) is 0 Å². The Labute approximate surface area is 187 Å². The van der Waals surface area contributed by atoms with E-state index >= 15 is 0 Å². The summed E-state index contributed by atoms with van der Waals surface area (Å²) in [6.45, 7) is 12.3. The molecule has 0 aliphatic carbocycles. The fourth-order valence-corrected chi connectivity index (χ4v) is 4.41. The van der Waals surface area contributed by atoms with Gasteiger partial charge in [0.25, 0.3) is 0 Å². The van der Waals surface area contributed by atoms with Gasteiger partial charge in [0.1, 0.15) is 0 Å². The Bertz CT molecular complexity index is 741. The van der Waals surface area contributed by atoms with E-state index in [1.807, 2.05) is 0 Å². The van der Waals surface area contributed by atoms with E-state index in [4.69, 9.17) is 0 Å². The third kappa shape index (κ3) is 7.88. The first-order valence-corrected chi connectivity index (χ1v) is 11.8. The van der Waals surface area contributed by atoms with Gasteiger partial charge >= 0.3 is 0 Å². The molecule has 0 spiro atoms. The number of rotatable bonds is 11. The molecule has 0 heterocycles. The molecule has 29 heavy (non-hydrogen) atoms. The van der Waals surface area contributed by atoms with E-state index in [0.717, 1.165) is 26.1 Å². The van der Waals surface area contributed by atoms with Crippen LogP contribution in [0.25, 0.3) is 0 Å². The van der Waals surface area contributed by atoms with Gasteiger partial charge in [-0.25, -0.2) is 0 Å². The number of halogens is 1. The third-order valence-electron chi connectivity index (χ3n) is 5.67. The summed E-state index contributed by atoms with van der Waals surface area (Å²) in [5.74, 6) is 1.32. The standard InChI is InChI=1S/C26H39BrN2/c1-7-21(4)26(19-28(5)6)29(18-24-13-8-9-14-25(24)27)17-23-12-10-11-22(16-23)15-20(2)3/h8-14,16,20-21,26H,7,15,17-19H2,1-6H3/t21-,26+/m0/s1. The van der Waals surface area contributed by atoms with Gasteiger partial charge in [0.05, 0.1) is 0 Å². The van der Waals surface area contributed by atoms with Gasteiger partial charge in [-0.1, -0.05) is 92.5 Å². The number of nitrogens with zero attached hydrogens (tertiary/aromatic N) is 2. The molecule has 2 atom stereocenters. The highest BCUT2D eigenvalue weighted by Gasteiger charge is 2.25. The lowest BCUT2D eigenvalue weighted by molar-refractivity contribution is 0.102. The Hall–Kier alpha value is -1.16. The molecule has 0 aromatic heterocycles. The molecule has 0 fully saturated rings. The number of benzene rings is 2. The van der Waals surface area contributed by atoms with Crippen molar-refractivity contribution in [2.75, 3.05) is 20.6 Å². The molecule has 0 saturated heterocycles. The summed E-state index contributed by atoms with van der Waals surface area (Å²) >= 11 is 3.77. The van der Waals surface area contributed by atoms with Gasteiger partial charge in [0.2, 0.25) is 0 Å². The van der Waals surface area contributed by atoms with Crippen LogP contribution in [0, 0.1) is 11.8 Å². The fraction of sp³-hybridized carbons (Fsp3) is 0.538. The van der Waals surface area contributed by atoms with Crippen molar-refractivity contribution in [1.29, 1.82) is 0 Å². The van der Waals surface area contributed by atoms with Gasteiger partial charge in [-0.15, -0.1) is 0 Å². The van der Waals surface area contributed by atoms with E-state index in [9.17, 15) is 0 Å². The molecule has 0 unspecified atom stereocenters. The molecule has 160 valence electrons. The van der Waals surface area contributed by atoms with Gasteiger partial charge in [-0.3, -0.25) is 4.90 Å². The first kappa shape index (κ1) is 24.1. The molecule has 0 N–H and O–H groups in total. The van der Waals surface area contributed by atoms with Crippen molar-refractivity contribution in [2.45, 2.75) is 59.7 Å². The summed E-state index contributed by atoms with van der Waals surface area (Å²) in [5.41, 5.74) is 4.23. The van der Waals surface area contributed by atoms with Crippen molar-refractivity contribution < 1.29 is 0 Å². The summed E-state index contributed by atoms with van der Waals surface area (Å²) in [5, 5.41) is 0. The molecule has 2 rings (SSSR count). The Morgan fingerprint density at radius 2 is 1.59 bits per heavy atom. The minimum Gasteiger partial charge on any atom is -0.308 e. The van der Waals surface area contributed by atoms with Crippen LogP contribution >= 0.6 is 15.9 Å². The van der Waals surface area contributed by atoms with E-state index in [2.05, 4.69) is 116 Å². The topological polar surface area (TPSA) is 6.48 Å². The van der Waals surface area contributed by atoms with E-state index in [1.165, 1.54) is 27.6 Å². The Balaban J connectivity index is 2.33. The second-order valence-corrected chi connectivity index (χ2v) is 9.98. The van der Waals surface area contributed by atoms with Gasteiger partial charge in [0, 0.05) is 30.1 Å². The minimum atomic E-state index is 0.510. The highest BCUT2D eigenvalue weighted by Crippen LogP contribution is 2.25. The van der Waals surface area contributed by atoms with Gasteiger partial charge in [-0.2, -0.15) is 0 Å². The van der Waals surface area contributed by atoms with E-state index in [1.54, 1.807) is 0 Å². The lowest BCUT2D eigenvalue weighted by Gasteiger charge is -2.37. The molecule has 2 nitrogen and oxygen atoms in total. The van der Waals surface area contributed by atoms with Crippen LogP contribution in [0.1, 0.15) is 50.8 Å². The largest absolute Gasteiger partial charge is 0.308 e. The van der Waals surface area contributed by atoms with Crippen LogP contribution in [0.15, 0.2) is 53.0 Å². The summed E-state index contributed by atoms with van der Waals surface area (Å²) in [6.07, 6.45) is 2.34. The van der Waals surface area contributed by atoms with Crippen molar-refractivity contribution in [3.05, 3.63) is 69.7 Å². The highest BCUT2D eigenvalue weighted by molar-refractivity contribution is 9.10. The molecular weight excluding hydrogens is 420 g/mol. The molecule has 3 heteroatoms. The molecule has 0 radical (unpaired) electrons. The summed E-state index contributed by atoms with van der Waals surface area (Å²) in [4.78, 5) is 5.02. The normalized spacial score (nSPS) is 14.0. The number of hydrogen-bond acceptors (Lipinski definition) is 2. The predicted molar refractivity (Wildman–Crippen MR) is 130 cm³/mol. The van der Waals surface area contributed by atoms with Crippen molar-refractivity contribution in [2.24, 2.45) is 11.8 Å². The van der Waals surface area contributed by atoms with Gasteiger partial charge in [0.15, 0.2) is 0 Å². The lowest BCUT2D eigenvalue weighted by Crippen LogP contribution is -2.45. The molecule has 0 aliphatic heterocycles. The lowest BCUT2D eigenvalue weighted by atomic mass is 9.95. The maximum Gasteiger partial charge on any atom is 0.0255 e. The summed E-state index contributed by atoms with van der Waals surface area (Å²) in [6, 6.07) is 18.4. The van der Waals surface area contributed by atoms with Crippen LogP contribution in [0.5, 0.6) is 0 Å². The SMILES string of the molecule is CC[C@H](C)[C@@H](CN(C)C)N(Cc1cccc(CC(C)C)c1)Cc1ccccc1Br. The fourth-order valence-electron chi connectivity index (χ4n) is 4.00. The Kier molecular flexibility index (Phi) is 9.88. The first-order valence-electron chi connectivity index (χ1n) is 11.0. The molecule has 2 aromatic carbocycles. The van der Waals surface area contributed by atoms with E-state index < -0.39 is 0 Å². The zero-order valence-electron chi connectivity index (χ0n) is 19.2. The van der Waals surface area contributed by atoms with Crippen molar-refractivity contribution in [3.63, 3.8) is 0 Å². The Morgan fingerprint density at radius 1 is 0.897 bits per heavy atom. The van der Waals surface area contributed by atoms with Crippen molar-refractivity contribution in [3.8, 4) is 0 Å². The zero-order chi connectivity index (χ0) is 21.4. The van der Waals surface area contributed by atoms with E-state index in [-0.39, 0.29) is 0 Å². The monoisotopic (exact) mass is 458 g/mol. The second kappa shape index (κ2) is 11.9. The Morgan fingerprint density at radius 3 is 2.21 bits per heavy atom. The van der Waals surface area contributed by atoms with Crippen LogP contribution in [-0.2, 0) is 19.5 Å². The third-order valence-corrected chi connectivity index (χ3v) is 6.45. The zero-order valence-corrected chi connectivity index (χ0v) is 20.7. The van der Waals surface area contributed by atoms with Crippen molar-refractivity contribution >= 4 is 15.9 Å². The van der Waals surface area contributed by atoms with Gasteiger partial charge in [-0.05, 0) is 55.1 Å². The molecule has 0 saturated carbocycles. The summed E-state index contributed by atoms with van der Waals surface area (Å²) in [7, 11) is 4.38. The van der Waals surface area contributed by atoms with Crippen molar-refractivity contribution in [1.82, 2.24) is 9.80 Å². The predicted octanol–water partition coefficient (Wildman–Crippen LogP) is 6.63. The van der Waals surface area contributed by atoms with Crippen LogP contribution < -0.4 is 0 Å². The van der Waals surface area contributed by atoms with E-state index in [0.29, 0.717) is 17.9 Å². The van der Waals surface area contributed by atoms with Gasteiger partial charge < -0.3 is 4.90 Å². The smallest absolute Gasteiger partial charge is 0.0255 e. The molecular formula is C26H39BrN2. The summed E-state index contributed by atoms with van der Waals surface area (Å²) < 4.78 is 1.20. The highest BCUT2D eigenvalue weighted by atomic mass is 79.9. The minimum absolute atomic E-state index is 0.510. The number of likely N-dealkylation sites (N-methyl/N-ethyl adjacent to an activating group) is 1. The second-order valence-electron chi connectivity index (χ2n) is 9.13. The van der Waals surface area contributed by atoms with Crippen LogP contribution in [0.2, 0.25) is 0 Å². The maximum atomic E-state index is 3.77. The molecule has 0 bridgehead atoms. The molecule has 0 aliphatic rings. The molecule has 0 amide bonds. The number of hydrogen-bond donors (Lipinski definition) is 0. The quantitative estimate of drug-likeness (QED) is 0.372.